The molecule has 6 nitrogen and oxygen atoms in total. The van der Waals surface area contributed by atoms with Crippen molar-refractivity contribution in [3.63, 3.8) is 0 Å². The van der Waals surface area contributed by atoms with Crippen LogP contribution in [0.4, 0.5) is 4.79 Å². The molecule has 2 heterocycles. The van der Waals surface area contributed by atoms with Crippen molar-refractivity contribution in [2.75, 3.05) is 33.4 Å². The van der Waals surface area contributed by atoms with E-state index in [0.29, 0.717) is 31.3 Å². The molecule has 2 saturated heterocycles. The van der Waals surface area contributed by atoms with E-state index in [4.69, 9.17) is 4.74 Å². The largest absolute Gasteiger partial charge is 0.480 e. The average molecular weight is 298 g/mol. The number of amides is 2. The zero-order valence-corrected chi connectivity index (χ0v) is 13.0. The Hall–Kier alpha value is -1.30. The van der Waals surface area contributed by atoms with Gasteiger partial charge in [-0.05, 0) is 37.5 Å². The molecule has 2 aliphatic rings. The van der Waals surface area contributed by atoms with Crippen LogP contribution in [0.3, 0.4) is 0 Å². The van der Waals surface area contributed by atoms with Crippen LogP contribution in [0.5, 0.6) is 0 Å². The lowest BCUT2D eigenvalue weighted by molar-refractivity contribution is -0.144. The highest BCUT2D eigenvalue weighted by Crippen LogP contribution is 2.24. The number of carboxylic acid groups (broad SMARTS) is 1. The summed E-state index contributed by atoms with van der Waals surface area (Å²) in [5, 5.41) is 9.35. The molecule has 0 aromatic carbocycles. The minimum atomic E-state index is -0.894. The summed E-state index contributed by atoms with van der Waals surface area (Å²) in [6, 6.07) is -0.834. The molecule has 1 N–H and O–H groups in total. The van der Waals surface area contributed by atoms with Gasteiger partial charge in [-0.25, -0.2) is 9.59 Å². The molecule has 0 aliphatic carbocycles. The number of piperidine rings is 1. The number of carbonyl (C=O) groups excluding carboxylic acids is 1. The number of rotatable bonds is 3. The lowest BCUT2D eigenvalue weighted by Gasteiger charge is -2.39. The predicted molar refractivity (Wildman–Crippen MR) is 78.1 cm³/mol. The number of ether oxygens (including phenoxy) is 1. The van der Waals surface area contributed by atoms with Crippen molar-refractivity contribution < 1.29 is 19.4 Å². The maximum Gasteiger partial charge on any atom is 0.326 e. The van der Waals surface area contributed by atoms with Gasteiger partial charge in [0.25, 0.3) is 0 Å². The Balaban J connectivity index is 1.94. The first-order valence-electron chi connectivity index (χ1n) is 7.81. The van der Waals surface area contributed by atoms with Crippen molar-refractivity contribution in [3.8, 4) is 0 Å². The number of carbonyl (C=O) groups is 2. The first-order valence-corrected chi connectivity index (χ1v) is 7.81. The average Bonchev–Trinajstić information content (AvgIpc) is 2.47. The minimum Gasteiger partial charge on any atom is -0.480 e. The van der Waals surface area contributed by atoms with E-state index < -0.39 is 12.0 Å². The number of hydrogen-bond donors (Lipinski definition) is 1. The van der Waals surface area contributed by atoms with Gasteiger partial charge in [0.1, 0.15) is 6.04 Å². The fourth-order valence-electron chi connectivity index (χ4n) is 3.22. The van der Waals surface area contributed by atoms with Crippen LogP contribution in [-0.4, -0.2) is 66.3 Å². The minimum absolute atomic E-state index is 0.152. The Morgan fingerprint density at radius 3 is 2.57 bits per heavy atom. The zero-order valence-electron chi connectivity index (χ0n) is 13.0. The molecule has 21 heavy (non-hydrogen) atoms. The highest BCUT2D eigenvalue weighted by atomic mass is 16.5. The van der Waals surface area contributed by atoms with E-state index in [2.05, 4.69) is 0 Å². The van der Waals surface area contributed by atoms with Crippen LogP contribution in [0.1, 0.15) is 32.6 Å². The van der Waals surface area contributed by atoms with Crippen LogP contribution in [0.2, 0.25) is 0 Å². The number of aliphatic carboxylic acids is 1. The summed E-state index contributed by atoms with van der Waals surface area (Å²) in [6.07, 6.45) is 3.36. The van der Waals surface area contributed by atoms with Crippen molar-refractivity contribution in [2.24, 2.45) is 11.8 Å². The van der Waals surface area contributed by atoms with E-state index in [9.17, 15) is 14.7 Å². The van der Waals surface area contributed by atoms with E-state index in [-0.39, 0.29) is 6.03 Å². The summed E-state index contributed by atoms with van der Waals surface area (Å²) in [6.45, 7) is 4.77. The maximum atomic E-state index is 12.6. The third kappa shape index (κ3) is 4.09. The molecule has 2 amide bonds. The summed E-state index contributed by atoms with van der Waals surface area (Å²) in [5.74, 6) is -0.0787. The van der Waals surface area contributed by atoms with E-state index in [0.717, 1.165) is 32.5 Å². The maximum absolute atomic E-state index is 12.6. The zero-order chi connectivity index (χ0) is 15.4. The third-order valence-corrected chi connectivity index (χ3v) is 4.59. The van der Waals surface area contributed by atoms with Crippen molar-refractivity contribution >= 4 is 12.0 Å². The van der Waals surface area contributed by atoms with Crippen LogP contribution >= 0.6 is 0 Å². The van der Waals surface area contributed by atoms with Crippen LogP contribution in [-0.2, 0) is 9.53 Å². The molecule has 2 aliphatic heterocycles. The van der Waals surface area contributed by atoms with Crippen molar-refractivity contribution in [2.45, 2.75) is 38.6 Å². The summed E-state index contributed by atoms with van der Waals surface area (Å²) in [7, 11) is 1.77. The van der Waals surface area contributed by atoms with Gasteiger partial charge in [-0.3, -0.25) is 0 Å². The second kappa shape index (κ2) is 7.11. The SMILES string of the molecule is CC1CCN(C(=O)N(C)CC2CCOCC2)C(C(=O)O)C1. The van der Waals surface area contributed by atoms with Gasteiger partial charge < -0.3 is 19.6 Å². The van der Waals surface area contributed by atoms with Gasteiger partial charge in [-0.2, -0.15) is 0 Å². The predicted octanol–water partition coefficient (Wildman–Crippen LogP) is 1.65. The highest BCUT2D eigenvalue weighted by molar-refractivity contribution is 5.82. The standard InChI is InChI=1S/C15H26N2O4/c1-11-3-6-17(13(9-11)14(18)19)15(20)16(2)10-12-4-7-21-8-5-12/h11-13H,3-10H2,1-2H3,(H,18,19). The van der Waals surface area contributed by atoms with E-state index in [1.165, 1.54) is 4.90 Å². The first kappa shape index (κ1) is 16.1. The Bertz CT molecular complexity index is 382. The topological polar surface area (TPSA) is 70.1 Å². The van der Waals surface area contributed by atoms with Gasteiger partial charge in [0.05, 0.1) is 0 Å². The first-order chi connectivity index (χ1) is 9.99. The lowest BCUT2D eigenvalue weighted by atomic mass is 9.92. The van der Waals surface area contributed by atoms with E-state index >= 15 is 0 Å². The number of urea groups is 1. The second-order valence-electron chi connectivity index (χ2n) is 6.40. The van der Waals surface area contributed by atoms with Crippen molar-refractivity contribution in [1.29, 1.82) is 0 Å². The molecule has 2 atom stereocenters. The highest BCUT2D eigenvalue weighted by Gasteiger charge is 2.36. The van der Waals surface area contributed by atoms with Crippen LogP contribution in [0.25, 0.3) is 0 Å². The van der Waals surface area contributed by atoms with Gasteiger partial charge in [0.2, 0.25) is 0 Å². The molecule has 0 saturated carbocycles. The Labute approximate surface area is 126 Å². The Morgan fingerprint density at radius 2 is 1.95 bits per heavy atom. The summed E-state index contributed by atoms with van der Waals surface area (Å²) < 4.78 is 5.33. The number of likely N-dealkylation sites (tertiary alicyclic amines) is 1. The van der Waals surface area contributed by atoms with Crippen LogP contribution in [0, 0.1) is 11.8 Å². The number of hydrogen-bond acceptors (Lipinski definition) is 3. The fourth-order valence-corrected chi connectivity index (χ4v) is 3.22. The molecular weight excluding hydrogens is 272 g/mol. The van der Waals surface area contributed by atoms with E-state index in [1.54, 1.807) is 11.9 Å². The van der Waals surface area contributed by atoms with Gasteiger partial charge in [0, 0.05) is 33.4 Å². The van der Waals surface area contributed by atoms with Crippen molar-refractivity contribution in [3.05, 3.63) is 0 Å². The van der Waals surface area contributed by atoms with Crippen LogP contribution in [0.15, 0.2) is 0 Å². The quantitative estimate of drug-likeness (QED) is 0.860. The monoisotopic (exact) mass is 298 g/mol. The summed E-state index contributed by atoms with van der Waals surface area (Å²) >= 11 is 0. The summed E-state index contributed by atoms with van der Waals surface area (Å²) in [4.78, 5) is 27.2. The molecule has 0 aromatic rings. The Kier molecular flexibility index (Phi) is 5.45. The molecule has 6 heteroatoms. The van der Waals surface area contributed by atoms with Gasteiger partial charge >= 0.3 is 12.0 Å². The Morgan fingerprint density at radius 1 is 1.29 bits per heavy atom. The van der Waals surface area contributed by atoms with Gasteiger partial charge in [-0.1, -0.05) is 6.92 Å². The van der Waals surface area contributed by atoms with Crippen LogP contribution < -0.4 is 0 Å². The lowest BCUT2D eigenvalue weighted by Crippen LogP contribution is -2.54. The molecule has 0 aromatic heterocycles. The normalized spacial score (nSPS) is 27.4. The van der Waals surface area contributed by atoms with E-state index in [1.807, 2.05) is 6.92 Å². The molecule has 2 rings (SSSR count). The van der Waals surface area contributed by atoms with Gasteiger partial charge in [0.15, 0.2) is 0 Å². The second-order valence-corrected chi connectivity index (χ2v) is 6.40. The third-order valence-electron chi connectivity index (χ3n) is 4.59. The molecule has 0 radical (unpaired) electrons. The summed E-state index contributed by atoms with van der Waals surface area (Å²) in [5.41, 5.74) is 0. The molecule has 0 bridgehead atoms. The fraction of sp³-hybridized carbons (Fsp3) is 0.867. The molecule has 120 valence electrons. The number of nitrogens with zero attached hydrogens (tertiary/aromatic N) is 2. The smallest absolute Gasteiger partial charge is 0.326 e. The van der Waals surface area contributed by atoms with Gasteiger partial charge in [-0.15, -0.1) is 0 Å². The van der Waals surface area contributed by atoms with Crippen molar-refractivity contribution in [1.82, 2.24) is 9.80 Å². The molecule has 0 spiro atoms. The molecule has 2 fully saturated rings. The molecule has 2 unspecified atom stereocenters. The number of carboxylic acids is 1. The molecular formula is C15H26N2O4.